The van der Waals surface area contributed by atoms with Crippen molar-refractivity contribution in [2.24, 2.45) is 4.99 Å². The molecule has 4 nitrogen and oxygen atoms in total. The Balaban J connectivity index is 2.72. The zero-order valence-corrected chi connectivity index (χ0v) is 12.7. The molecule has 20 heavy (non-hydrogen) atoms. The minimum absolute atomic E-state index is 0.586. The summed E-state index contributed by atoms with van der Waals surface area (Å²) in [5.74, 6) is 1.21. The average molecular weight is 296 g/mol. The first-order chi connectivity index (χ1) is 9.59. The summed E-state index contributed by atoms with van der Waals surface area (Å²) in [6, 6.07) is 1.84. The van der Waals surface area contributed by atoms with Crippen LogP contribution in [0.3, 0.4) is 0 Å². The third-order valence-corrected chi connectivity index (χ3v) is 4.41. The molecule has 0 N–H and O–H groups in total. The number of nitrogens with zero attached hydrogens (tertiary/aromatic N) is 1. The molecule has 5 heteroatoms. The van der Waals surface area contributed by atoms with E-state index in [0.29, 0.717) is 16.5 Å². The van der Waals surface area contributed by atoms with Crippen molar-refractivity contribution in [3.8, 4) is 11.5 Å². The lowest BCUT2D eigenvalue weighted by Crippen LogP contribution is -2.20. The average Bonchev–Trinajstić information content (AvgIpc) is 2.91. The van der Waals surface area contributed by atoms with Gasteiger partial charge in [-0.3, -0.25) is 0 Å². The van der Waals surface area contributed by atoms with Gasteiger partial charge >= 0.3 is 0 Å². The van der Waals surface area contributed by atoms with E-state index in [0.717, 1.165) is 36.8 Å². The zero-order valence-electron chi connectivity index (χ0n) is 12.0. The number of methoxy groups -OCH3 is 2. The standard InChI is InChI=1S/C15H18ClNO3/c1-10-12(16)8-11(14(20-3)13(10)19-2)15(17-9-18)6-4-5-7-15/h8H,4-7H2,1-3H3. The highest BCUT2D eigenvalue weighted by Crippen LogP contribution is 2.50. The Hall–Kier alpha value is -1.51. The fourth-order valence-electron chi connectivity index (χ4n) is 2.98. The first kappa shape index (κ1) is 14.9. The van der Waals surface area contributed by atoms with Gasteiger partial charge in [0.25, 0.3) is 0 Å². The minimum Gasteiger partial charge on any atom is -0.493 e. The second-order valence-corrected chi connectivity index (χ2v) is 5.45. The Morgan fingerprint density at radius 3 is 2.35 bits per heavy atom. The quantitative estimate of drug-likeness (QED) is 0.627. The smallest absolute Gasteiger partial charge is 0.235 e. The van der Waals surface area contributed by atoms with Gasteiger partial charge in [-0.2, -0.15) is 4.99 Å². The van der Waals surface area contributed by atoms with Gasteiger partial charge in [0.15, 0.2) is 11.5 Å². The molecule has 0 bridgehead atoms. The molecular weight excluding hydrogens is 278 g/mol. The molecule has 0 amide bonds. The molecule has 1 aromatic carbocycles. The monoisotopic (exact) mass is 295 g/mol. The minimum atomic E-state index is -0.586. The largest absolute Gasteiger partial charge is 0.493 e. The first-order valence-corrected chi connectivity index (χ1v) is 6.98. The van der Waals surface area contributed by atoms with E-state index in [1.165, 1.54) is 0 Å². The van der Waals surface area contributed by atoms with Crippen molar-refractivity contribution < 1.29 is 14.3 Å². The fraction of sp³-hybridized carbons (Fsp3) is 0.533. The number of hydrogen-bond acceptors (Lipinski definition) is 4. The first-order valence-electron chi connectivity index (χ1n) is 6.60. The Bertz CT molecular complexity index is 559. The lowest BCUT2D eigenvalue weighted by molar-refractivity contribution is 0.336. The van der Waals surface area contributed by atoms with Crippen LogP contribution in [0, 0.1) is 6.92 Å². The number of carbonyl (C=O) groups excluding carboxylic acids is 1. The Kier molecular flexibility index (Phi) is 4.36. The van der Waals surface area contributed by atoms with Crippen molar-refractivity contribution in [2.75, 3.05) is 14.2 Å². The van der Waals surface area contributed by atoms with Gasteiger partial charge in [-0.25, -0.2) is 4.79 Å². The van der Waals surface area contributed by atoms with Crippen molar-refractivity contribution in [2.45, 2.75) is 38.1 Å². The van der Waals surface area contributed by atoms with E-state index in [2.05, 4.69) is 4.99 Å². The SMILES string of the molecule is COc1c(C2(N=C=O)CCCC2)cc(Cl)c(C)c1OC. The second kappa shape index (κ2) is 5.86. The van der Waals surface area contributed by atoms with Crippen LogP contribution in [0.25, 0.3) is 0 Å². The van der Waals surface area contributed by atoms with Crippen LogP contribution >= 0.6 is 11.6 Å². The van der Waals surface area contributed by atoms with Gasteiger partial charge in [0.1, 0.15) is 5.54 Å². The summed E-state index contributed by atoms with van der Waals surface area (Å²) in [5.41, 5.74) is 1.05. The summed E-state index contributed by atoms with van der Waals surface area (Å²) in [6.45, 7) is 1.87. The summed E-state index contributed by atoms with van der Waals surface area (Å²) in [5, 5.41) is 0.588. The number of ether oxygens (including phenoxy) is 2. The molecular formula is C15H18ClNO3. The highest BCUT2D eigenvalue weighted by atomic mass is 35.5. The van der Waals surface area contributed by atoms with Gasteiger partial charge in [0.05, 0.1) is 14.2 Å². The summed E-state index contributed by atoms with van der Waals surface area (Å²) >= 11 is 6.29. The van der Waals surface area contributed by atoms with E-state index in [1.54, 1.807) is 20.3 Å². The number of benzene rings is 1. The van der Waals surface area contributed by atoms with Crippen LogP contribution in [-0.4, -0.2) is 20.3 Å². The zero-order chi connectivity index (χ0) is 14.8. The van der Waals surface area contributed by atoms with Crippen molar-refractivity contribution in [1.82, 2.24) is 0 Å². The van der Waals surface area contributed by atoms with Crippen molar-refractivity contribution in [3.05, 3.63) is 22.2 Å². The maximum atomic E-state index is 10.8. The summed E-state index contributed by atoms with van der Waals surface area (Å²) in [6.07, 6.45) is 5.33. The van der Waals surface area contributed by atoms with Gasteiger partial charge < -0.3 is 9.47 Å². The van der Waals surface area contributed by atoms with Crippen LogP contribution in [0.4, 0.5) is 0 Å². The van der Waals surface area contributed by atoms with Crippen LogP contribution < -0.4 is 9.47 Å². The molecule has 0 spiro atoms. The Morgan fingerprint density at radius 2 is 1.85 bits per heavy atom. The fourth-order valence-corrected chi connectivity index (χ4v) is 3.18. The van der Waals surface area contributed by atoms with E-state index in [-0.39, 0.29) is 0 Å². The summed E-state index contributed by atoms with van der Waals surface area (Å²) in [4.78, 5) is 14.9. The van der Waals surface area contributed by atoms with Gasteiger partial charge in [0, 0.05) is 16.1 Å². The number of halogens is 1. The molecule has 1 aliphatic rings. The third kappa shape index (κ3) is 2.30. The number of isocyanates is 1. The molecule has 0 radical (unpaired) electrons. The maximum absolute atomic E-state index is 10.8. The molecule has 108 valence electrons. The molecule has 0 atom stereocenters. The van der Waals surface area contributed by atoms with Crippen LogP contribution in [0.5, 0.6) is 11.5 Å². The van der Waals surface area contributed by atoms with E-state index in [9.17, 15) is 4.79 Å². The van der Waals surface area contributed by atoms with E-state index in [1.807, 2.05) is 13.0 Å². The maximum Gasteiger partial charge on any atom is 0.235 e. The van der Waals surface area contributed by atoms with Crippen LogP contribution in [0.15, 0.2) is 11.1 Å². The van der Waals surface area contributed by atoms with Gasteiger partial charge in [-0.05, 0) is 25.8 Å². The second-order valence-electron chi connectivity index (χ2n) is 5.04. The predicted octanol–water partition coefficient (Wildman–Crippen LogP) is 3.77. The number of rotatable bonds is 4. The molecule has 1 fully saturated rings. The molecule has 0 unspecified atom stereocenters. The Morgan fingerprint density at radius 1 is 1.25 bits per heavy atom. The normalized spacial score (nSPS) is 16.6. The predicted molar refractivity (Wildman–Crippen MR) is 77.6 cm³/mol. The van der Waals surface area contributed by atoms with E-state index < -0.39 is 5.54 Å². The molecule has 0 aliphatic heterocycles. The van der Waals surface area contributed by atoms with Crippen molar-refractivity contribution in [1.29, 1.82) is 0 Å². The molecule has 1 saturated carbocycles. The topological polar surface area (TPSA) is 47.9 Å². The molecule has 0 saturated heterocycles. The van der Waals surface area contributed by atoms with Crippen molar-refractivity contribution >= 4 is 17.7 Å². The summed E-state index contributed by atoms with van der Waals surface area (Å²) in [7, 11) is 3.16. The molecule has 0 aromatic heterocycles. The van der Waals surface area contributed by atoms with Crippen LogP contribution in [-0.2, 0) is 10.3 Å². The van der Waals surface area contributed by atoms with Gasteiger partial charge in [-0.1, -0.05) is 24.4 Å². The lowest BCUT2D eigenvalue weighted by Gasteiger charge is -2.27. The number of hydrogen-bond donors (Lipinski definition) is 0. The molecule has 2 rings (SSSR count). The van der Waals surface area contributed by atoms with E-state index >= 15 is 0 Å². The molecule has 1 aliphatic carbocycles. The molecule has 1 aromatic rings. The highest BCUT2D eigenvalue weighted by Gasteiger charge is 2.39. The van der Waals surface area contributed by atoms with Crippen molar-refractivity contribution in [3.63, 3.8) is 0 Å². The third-order valence-electron chi connectivity index (χ3n) is 4.02. The molecule has 0 heterocycles. The van der Waals surface area contributed by atoms with Gasteiger partial charge in [0.2, 0.25) is 6.08 Å². The highest BCUT2D eigenvalue weighted by molar-refractivity contribution is 6.31. The lowest BCUT2D eigenvalue weighted by atomic mass is 9.87. The van der Waals surface area contributed by atoms with E-state index in [4.69, 9.17) is 21.1 Å². The van der Waals surface area contributed by atoms with Crippen LogP contribution in [0.2, 0.25) is 5.02 Å². The Labute approximate surface area is 123 Å². The summed E-state index contributed by atoms with van der Waals surface area (Å²) < 4.78 is 10.9. The van der Waals surface area contributed by atoms with Crippen LogP contribution in [0.1, 0.15) is 36.8 Å². The van der Waals surface area contributed by atoms with Gasteiger partial charge in [-0.15, -0.1) is 0 Å². The number of aliphatic imine (C=N–C) groups is 1.